The number of aromatic nitrogens is 4. The number of nitro benzene ring substituents is 2. The number of benzene rings is 3. The third-order valence-electron chi connectivity index (χ3n) is 5.68. The average Bonchev–Trinajstić information content (AvgIpc) is 3.40. The van der Waals surface area contributed by atoms with Crippen LogP contribution in [0.4, 0.5) is 17.1 Å². The number of amides is 1. The first-order chi connectivity index (χ1) is 20.6. The molecule has 0 aliphatic rings. The second-order valence-electron chi connectivity index (χ2n) is 8.33. The molecule has 0 spiro atoms. The van der Waals surface area contributed by atoms with E-state index in [-0.39, 0.29) is 5.69 Å². The Labute approximate surface area is 245 Å². The van der Waals surface area contributed by atoms with Gasteiger partial charge in [-0.2, -0.15) is 0 Å². The smallest absolute Gasteiger partial charge is 0.397 e. The van der Waals surface area contributed by atoms with Crippen LogP contribution in [0.3, 0.4) is 0 Å². The van der Waals surface area contributed by atoms with Gasteiger partial charge in [-0.15, -0.1) is 0 Å². The van der Waals surface area contributed by atoms with Crippen molar-refractivity contribution < 1.29 is 54.9 Å². The summed E-state index contributed by atoms with van der Waals surface area (Å²) in [6.07, 6.45) is 0. The summed E-state index contributed by atoms with van der Waals surface area (Å²) >= 11 is 0. The number of tetrazole rings is 1. The number of nitrogens with zero attached hydrogens (tertiary/aromatic N) is 6. The van der Waals surface area contributed by atoms with Crippen LogP contribution in [0.2, 0.25) is 0 Å². The zero-order chi connectivity index (χ0) is 32.6. The van der Waals surface area contributed by atoms with Crippen molar-refractivity contribution in [2.24, 2.45) is 0 Å². The quantitative estimate of drug-likeness (QED) is 0.105. The molecular weight excluding hydrogens is 634 g/mol. The van der Waals surface area contributed by atoms with E-state index in [1.165, 1.54) is 12.1 Å². The Morgan fingerprint density at radius 1 is 0.864 bits per heavy atom. The minimum absolute atomic E-state index is 0.265. The molecule has 1 amide bonds. The molecule has 0 bridgehead atoms. The van der Waals surface area contributed by atoms with Gasteiger partial charge in [0.1, 0.15) is 30.0 Å². The van der Waals surface area contributed by atoms with Gasteiger partial charge >= 0.3 is 11.7 Å². The van der Waals surface area contributed by atoms with Crippen molar-refractivity contribution in [3.63, 3.8) is 0 Å². The van der Waals surface area contributed by atoms with E-state index in [9.17, 15) is 51.0 Å². The highest BCUT2D eigenvalue weighted by atomic mass is 32.2. The van der Waals surface area contributed by atoms with Crippen LogP contribution < -0.4 is 19.6 Å². The lowest BCUT2D eigenvalue weighted by Crippen LogP contribution is -2.44. The van der Waals surface area contributed by atoms with E-state index in [1.807, 2.05) is 0 Å². The van der Waals surface area contributed by atoms with E-state index in [1.54, 1.807) is 18.2 Å². The Morgan fingerprint density at radius 3 is 1.89 bits per heavy atom. The first-order valence-electron chi connectivity index (χ1n) is 11.5. The molecule has 1 N–H and O–H groups in total. The molecule has 230 valence electrons. The van der Waals surface area contributed by atoms with Gasteiger partial charge in [-0.25, -0.2) is 16.8 Å². The van der Waals surface area contributed by atoms with Crippen molar-refractivity contribution in [3.8, 4) is 22.9 Å². The van der Waals surface area contributed by atoms with Crippen molar-refractivity contribution in [3.05, 3.63) is 80.7 Å². The molecule has 0 aliphatic heterocycles. The van der Waals surface area contributed by atoms with Crippen LogP contribution in [0.25, 0.3) is 11.4 Å². The average molecular weight is 651 g/mol. The molecule has 1 aromatic heterocycles. The molecule has 44 heavy (non-hydrogen) atoms. The monoisotopic (exact) mass is 650 g/mol. The third-order valence-corrected chi connectivity index (χ3v) is 7.41. The third kappa shape index (κ3) is 6.12. The molecule has 4 rings (SSSR count). The largest absolute Gasteiger partial charge is 0.744 e. The van der Waals surface area contributed by atoms with Crippen LogP contribution in [0.15, 0.2) is 64.4 Å². The van der Waals surface area contributed by atoms with Crippen molar-refractivity contribution in [1.29, 1.82) is 0 Å². The second-order valence-corrected chi connectivity index (χ2v) is 11.0. The molecule has 0 atom stereocenters. The van der Waals surface area contributed by atoms with Crippen molar-refractivity contribution in [2.45, 2.75) is 9.79 Å². The predicted molar refractivity (Wildman–Crippen MR) is 140 cm³/mol. The Hall–Kier alpha value is -5.58. The van der Waals surface area contributed by atoms with Gasteiger partial charge in [-0.05, 0) is 23.0 Å². The molecule has 0 saturated carbocycles. The maximum absolute atomic E-state index is 13.1. The van der Waals surface area contributed by atoms with E-state index in [4.69, 9.17) is 9.47 Å². The highest BCUT2D eigenvalue weighted by Gasteiger charge is 2.35. The maximum atomic E-state index is 13.1. The number of carbonyl (C=O) groups is 1. The summed E-state index contributed by atoms with van der Waals surface area (Å²) < 4.78 is 82.1. The van der Waals surface area contributed by atoms with Gasteiger partial charge in [-0.1, -0.05) is 18.2 Å². The van der Waals surface area contributed by atoms with E-state index in [0.29, 0.717) is 33.9 Å². The number of carbonyl (C=O) groups excluding carboxylic acids is 1. The van der Waals surface area contributed by atoms with Crippen molar-refractivity contribution >= 4 is 43.2 Å². The molecule has 22 heteroatoms. The first kappa shape index (κ1) is 31.4. The Bertz CT molecular complexity index is 1930. The lowest BCUT2D eigenvalue weighted by Gasteiger charge is -2.13. The number of rotatable bonds is 10. The van der Waals surface area contributed by atoms with E-state index in [2.05, 4.69) is 15.5 Å². The number of anilines is 1. The van der Waals surface area contributed by atoms with Gasteiger partial charge < -0.3 is 23.9 Å². The number of nitro groups is 2. The van der Waals surface area contributed by atoms with E-state index < -0.39 is 85.9 Å². The van der Waals surface area contributed by atoms with Crippen LogP contribution in [0.5, 0.6) is 11.5 Å². The second kappa shape index (κ2) is 11.6. The molecule has 0 fully saturated rings. The van der Waals surface area contributed by atoms with Crippen LogP contribution in [-0.4, -0.2) is 70.9 Å². The van der Waals surface area contributed by atoms with Gasteiger partial charge in [0, 0.05) is 21.6 Å². The molecular formula is C22H16N7O13S2-. The zero-order valence-corrected chi connectivity index (χ0v) is 23.6. The number of para-hydroxylation sites is 1. The molecule has 0 radical (unpaired) electrons. The Morgan fingerprint density at radius 2 is 1.39 bits per heavy atom. The van der Waals surface area contributed by atoms with E-state index in [0.717, 1.165) is 14.2 Å². The maximum Gasteiger partial charge on any atom is 0.397 e. The zero-order valence-electron chi connectivity index (χ0n) is 22.0. The van der Waals surface area contributed by atoms with Crippen LogP contribution in [0.1, 0.15) is 10.6 Å². The molecule has 1 heterocycles. The summed E-state index contributed by atoms with van der Waals surface area (Å²) in [7, 11) is -9.05. The summed E-state index contributed by atoms with van der Waals surface area (Å²) in [6, 6.07) is 9.91. The molecule has 0 saturated heterocycles. The first-order valence-corrected chi connectivity index (χ1v) is 14.3. The Kier molecular flexibility index (Phi) is 8.27. The molecule has 20 nitrogen and oxygen atoms in total. The highest BCUT2D eigenvalue weighted by molar-refractivity contribution is 7.86. The van der Waals surface area contributed by atoms with Crippen LogP contribution in [-0.2, 0) is 20.2 Å². The number of nitrogens with one attached hydrogen (secondary N) is 1. The Balaban J connectivity index is 2.11. The van der Waals surface area contributed by atoms with Gasteiger partial charge in [0.2, 0.25) is 5.69 Å². The fourth-order valence-electron chi connectivity index (χ4n) is 3.80. The standard InChI is InChI=1S/C22H17N7O13S2/c1-41-17-8-15(28(31)32)19(43(35,36)37)10-13(17)26-24-21(22(30)23-12-6-4-3-5-7-12)25-27(26)14-11-20(44(38,39)40)16(29(33)34)9-18(14)42-2/h3-11H,1-2H3,(H2-,23,30,35,36,37,38,39,40)/p-1. The van der Waals surface area contributed by atoms with Crippen LogP contribution in [0, 0.1) is 20.2 Å². The van der Waals surface area contributed by atoms with Gasteiger partial charge in [0.05, 0.1) is 41.3 Å². The minimum atomic E-state index is -5.53. The summed E-state index contributed by atoms with van der Waals surface area (Å²) in [6.45, 7) is 0. The minimum Gasteiger partial charge on any atom is -0.744 e. The summed E-state index contributed by atoms with van der Waals surface area (Å²) in [4.78, 5) is 32.2. The van der Waals surface area contributed by atoms with Gasteiger partial charge in [0.15, 0.2) is 17.2 Å². The number of ether oxygens (including phenoxy) is 2. The number of hydrogen-bond donors (Lipinski definition) is 1. The van der Waals surface area contributed by atoms with Crippen LogP contribution >= 0.6 is 0 Å². The normalized spacial score (nSPS) is 11.5. The van der Waals surface area contributed by atoms with E-state index >= 15 is 0 Å². The molecule has 0 unspecified atom stereocenters. The molecule has 4 aromatic rings. The fraction of sp³-hybridized carbons (Fsp3) is 0.0909. The lowest BCUT2D eigenvalue weighted by atomic mass is 10.2. The van der Waals surface area contributed by atoms with Gasteiger partial charge in [-0.3, -0.25) is 25.0 Å². The predicted octanol–water partition coefficient (Wildman–Crippen LogP) is 0.438. The number of hydrogen-bond acceptors (Lipinski definition) is 15. The highest BCUT2D eigenvalue weighted by Crippen LogP contribution is 2.35. The SMILES string of the molecule is COc1cc([N+](=O)[O-])c(S(=O)(=O)[O-])cc1-n1nc(C(=O)Nc2ccccc2)n[n+]1-c1cc(S(=O)(=O)[O-])c([N+](=O)[O-])cc1OC. The summed E-state index contributed by atoms with van der Waals surface area (Å²) in [5.74, 6) is -2.72. The number of methoxy groups -OCH3 is 2. The summed E-state index contributed by atoms with van der Waals surface area (Å²) in [5, 5.41) is 33.5. The molecule has 3 aromatic carbocycles. The van der Waals surface area contributed by atoms with Crippen molar-refractivity contribution in [2.75, 3.05) is 19.5 Å². The van der Waals surface area contributed by atoms with Gasteiger partial charge in [0.25, 0.3) is 11.4 Å². The fourth-order valence-corrected chi connectivity index (χ4v) is 5.09. The summed E-state index contributed by atoms with van der Waals surface area (Å²) in [5.41, 5.74) is -3.25. The lowest BCUT2D eigenvalue weighted by molar-refractivity contribution is -0.735. The topological polar surface area (TPSA) is 283 Å². The molecule has 0 aliphatic carbocycles. The van der Waals surface area contributed by atoms with Crippen molar-refractivity contribution in [1.82, 2.24) is 15.0 Å².